The molecule has 1 rings (SSSR count). The van der Waals surface area contributed by atoms with E-state index in [2.05, 4.69) is 24.5 Å². The quantitative estimate of drug-likeness (QED) is 0.629. The minimum absolute atomic E-state index is 0.152. The van der Waals surface area contributed by atoms with E-state index in [9.17, 15) is 4.79 Å². The first-order chi connectivity index (χ1) is 7.10. The number of carbonyl (C=O) groups excluding carboxylic acids is 1. The Morgan fingerprint density at radius 1 is 1.40 bits per heavy atom. The monoisotopic (exact) mass is 212 g/mol. The third kappa shape index (κ3) is 3.82. The van der Waals surface area contributed by atoms with Crippen LogP contribution in [0.1, 0.15) is 40.0 Å². The van der Waals surface area contributed by atoms with Gasteiger partial charge in [0.15, 0.2) is 0 Å². The Balaban J connectivity index is 2.05. The first kappa shape index (κ1) is 12.5. The van der Waals surface area contributed by atoms with Crippen LogP contribution in [0.15, 0.2) is 0 Å². The number of hydrogen-bond acceptors (Lipinski definition) is 2. The summed E-state index contributed by atoms with van der Waals surface area (Å²) in [6.45, 7) is 9.14. The molecule has 0 aromatic carbocycles. The Labute approximate surface area is 93.0 Å². The molecule has 0 heterocycles. The van der Waals surface area contributed by atoms with Crippen molar-refractivity contribution in [1.29, 1.82) is 0 Å². The average Bonchev–Trinajstić information content (AvgIpc) is 2.94. The fraction of sp³-hybridized carbons (Fsp3) is 0.917. The van der Waals surface area contributed by atoms with Crippen LogP contribution in [0.3, 0.4) is 0 Å². The van der Waals surface area contributed by atoms with Crippen LogP contribution in [0.5, 0.6) is 0 Å². The van der Waals surface area contributed by atoms with Crippen LogP contribution in [-0.4, -0.2) is 25.5 Å². The SMILES string of the molecule is CCNC(=O)CCNCC1(C(C)C)CC1. The summed E-state index contributed by atoms with van der Waals surface area (Å²) in [5.41, 5.74) is 0.543. The van der Waals surface area contributed by atoms with Gasteiger partial charge in [0.2, 0.25) is 5.91 Å². The molecule has 2 N–H and O–H groups in total. The van der Waals surface area contributed by atoms with Crippen molar-refractivity contribution in [3.05, 3.63) is 0 Å². The molecule has 0 unspecified atom stereocenters. The fourth-order valence-corrected chi connectivity index (χ4v) is 1.94. The molecule has 15 heavy (non-hydrogen) atoms. The third-order valence-electron chi connectivity index (χ3n) is 3.50. The minimum atomic E-state index is 0.152. The molecule has 0 spiro atoms. The van der Waals surface area contributed by atoms with Gasteiger partial charge in [-0.3, -0.25) is 4.79 Å². The molecule has 1 saturated carbocycles. The molecule has 0 aromatic heterocycles. The first-order valence-corrected chi connectivity index (χ1v) is 6.08. The molecular weight excluding hydrogens is 188 g/mol. The molecule has 0 aliphatic heterocycles. The van der Waals surface area contributed by atoms with E-state index in [1.165, 1.54) is 12.8 Å². The summed E-state index contributed by atoms with van der Waals surface area (Å²) < 4.78 is 0. The van der Waals surface area contributed by atoms with Gasteiger partial charge in [0.1, 0.15) is 0 Å². The van der Waals surface area contributed by atoms with Crippen LogP contribution < -0.4 is 10.6 Å². The van der Waals surface area contributed by atoms with Gasteiger partial charge in [-0.1, -0.05) is 13.8 Å². The van der Waals surface area contributed by atoms with Gasteiger partial charge in [0.25, 0.3) is 0 Å². The van der Waals surface area contributed by atoms with Crippen LogP contribution in [-0.2, 0) is 4.79 Å². The zero-order valence-corrected chi connectivity index (χ0v) is 10.2. The first-order valence-electron chi connectivity index (χ1n) is 6.08. The number of hydrogen-bond donors (Lipinski definition) is 2. The Morgan fingerprint density at radius 2 is 2.07 bits per heavy atom. The van der Waals surface area contributed by atoms with E-state index >= 15 is 0 Å². The molecule has 3 nitrogen and oxygen atoms in total. The van der Waals surface area contributed by atoms with Crippen molar-refractivity contribution in [1.82, 2.24) is 10.6 Å². The van der Waals surface area contributed by atoms with Crippen molar-refractivity contribution in [3.8, 4) is 0 Å². The number of carbonyl (C=O) groups is 1. The molecule has 0 aromatic rings. The van der Waals surface area contributed by atoms with E-state index in [-0.39, 0.29) is 5.91 Å². The third-order valence-corrected chi connectivity index (χ3v) is 3.50. The highest BCUT2D eigenvalue weighted by Gasteiger charge is 2.44. The fourth-order valence-electron chi connectivity index (χ4n) is 1.94. The summed E-state index contributed by atoms with van der Waals surface area (Å²) in [6, 6.07) is 0. The van der Waals surface area contributed by atoms with Crippen molar-refractivity contribution in [3.63, 3.8) is 0 Å². The lowest BCUT2D eigenvalue weighted by atomic mass is 9.92. The summed E-state index contributed by atoms with van der Waals surface area (Å²) in [5, 5.41) is 6.20. The molecule has 0 bridgehead atoms. The maximum absolute atomic E-state index is 11.2. The van der Waals surface area contributed by atoms with Gasteiger partial charge in [-0.15, -0.1) is 0 Å². The molecular formula is C12H24N2O. The van der Waals surface area contributed by atoms with E-state index < -0.39 is 0 Å². The predicted molar refractivity (Wildman–Crippen MR) is 62.7 cm³/mol. The van der Waals surface area contributed by atoms with Crippen LogP contribution in [0, 0.1) is 11.3 Å². The van der Waals surface area contributed by atoms with Gasteiger partial charge >= 0.3 is 0 Å². The van der Waals surface area contributed by atoms with Gasteiger partial charge in [-0.25, -0.2) is 0 Å². The highest BCUT2D eigenvalue weighted by atomic mass is 16.1. The summed E-state index contributed by atoms with van der Waals surface area (Å²) in [5.74, 6) is 0.911. The zero-order chi connectivity index (χ0) is 11.3. The Kier molecular flexibility index (Phi) is 4.58. The van der Waals surface area contributed by atoms with E-state index in [1.54, 1.807) is 0 Å². The van der Waals surface area contributed by atoms with E-state index in [0.29, 0.717) is 11.8 Å². The van der Waals surface area contributed by atoms with Crippen molar-refractivity contribution in [2.45, 2.75) is 40.0 Å². The van der Waals surface area contributed by atoms with Crippen LogP contribution in [0.4, 0.5) is 0 Å². The smallest absolute Gasteiger partial charge is 0.221 e. The van der Waals surface area contributed by atoms with E-state index in [1.807, 2.05) is 6.92 Å². The largest absolute Gasteiger partial charge is 0.356 e. The maximum atomic E-state index is 11.2. The molecule has 1 amide bonds. The maximum Gasteiger partial charge on any atom is 0.221 e. The molecule has 1 aliphatic rings. The van der Waals surface area contributed by atoms with E-state index in [4.69, 9.17) is 0 Å². The van der Waals surface area contributed by atoms with Gasteiger partial charge in [0, 0.05) is 26.1 Å². The second-order valence-corrected chi connectivity index (χ2v) is 4.90. The average molecular weight is 212 g/mol. The highest BCUT2D eigenvalue weighted by molar-refractivity contribution is 5.75. The Bertz CT molecular complexity index is 210. The summed E-state index contributed by atoms with van der Waals surface area (Å²) in [7, 11) is 0. The van der Waals surface area contributed by atoms with Crippen LogP contribution in [0.25, 0.3) is 0 Å². The predicted octanol–water partition coefficient (Wildman–Crippen LogP) is 1.54. The lowest BCUT2D eigenvalue weighted by molar-refractivity contribution is -0.120. The standard InChI is InChI=1S/C12H24N2O/c1-4-14-11(15)5-8-13-9-12(6-7-12)10(2)3/h10,13H,4-9H2,1-3H3,(H,14,15). The van der Waals surface area contributed by atoms with Crippen molar-refractivity contribution >= 4 is 5.91 Å². The van der Waals surface area contributed by atoms with Crippen molar-refractivity contribution in [2.24, 2.45) is 11.3 Å². The lowest BCUT2D eigenvalue weighted by Gasteiger charge is -2.19. The van der Waals surface area contributed by atoms with Gasteiger partial charge in [-0.05, 0) is 31.1 Å². The van der Waals surface area contributed by atoms with Gasteiger partial charge < -0.3 is 10.6 Å². The van der Waals surface area contributed by atoms with Gasteiger partial charge in [-0.2, -0.15) is 0 Å². The highest BCUT2D eigenvalue weighted by Crippen LogP contribution is 2.51. The number of nitrogens with one attached hydrogen (secondary N) is 2. The van der Waals surface area contributed by atoms with Gasteiger partial charge in [0.05, 0.1) is 0 Å². The second kappa shape index (κ2) is 5.50. The second-order valence-electron chi connectivity index (χ2n) is 4.90. The molecule has 0 saturated heterocycles. The molecule has 0 atom stereocenters. The number of rotatable bonds is 7. The summed E-state index contributed by atoms with van der Waals surface area (Å²) in [4.78, 5) is 11.2. The molecule has 88 valence electrons. The van der Waals surface area contributed by atoms with Crippen LogP contribution in [0.2, 0.25) is 0 Å². The number of amides is 1. The summed E-state index contributed by atoms with van der Waals surface area (Å²) in [6.07, 6.45) is 3.29. The van der Waals surface area contributed by atoms with Crippen LogP contribution >= 0.6 is 0 Å². The lowest BCUT2D eigenvalue weighted by Crippen LogP contribution is -2.32. The minimum Gasteiger partial charge on any atom is -0.356 e. The Hall–Kier alpha value is -0.570. The van der Waals surface area contributed by atoms with E-state index in [0.717, 1.165) is 25.6 Å². The topological polar surface area (TPSA) is 41.1 Å². The molecule has 3 heteroatoms. The molecule has 1 fully saturated rings. The van der Waals surface area contributed by atoms with Crippen molar-refractivity contribution in [2.75, 3.05) is 19.6 Å². The zero-order valence-electron chi connectivity index (χ0n) is 10.2. The van der Waals surface area contributed by atoms with Crippen molar-refractivity contribution < 1.29 is 4.79 Å². The molecule has 1 aliphatic carbocycles. The Morgan fingerprint density at radius 3 is 2.53 bits per heavy atom. The summed E-state index contributed by atoms with van der Waals surface area (Å²) >= 11 is 0. The normalized spacial score (nSPS) is 17.9. The molecule has 0 radical (unpaired) electrons.